The summed E-state index contributed by atoms with van der Waals surface area (Å²) in [5.41, 5.74) is 0.889. The van der Waals surface area contributed by atoms with E-state index in [9.17, 15) is 9.59 Å². The van der Waals surface area contributed by atoms with Crippen molar-refractivity contribution in [1.82, 2.24) is 0 Å². The smallest absolute Gasteiger partial charge is 0.299 e. The second kappa shape index (κ2) is 6.20. The van der Waals surface area contributed by atoms with Crippen molar-refractivity contribution in [3.63, 3.8) is 0 Å². The summed E-state index contributed by atoms with van der Waals surface area (Å²) in [6, 6.07) is 14.4. The summed E-state index contributed by atoms with van der Waals surface area (Å²) in [4.78, 5) is 25.4. The number of amides is 1. The van der Waals surface area contributed by atoms with Crippen LogP contribution in [-0.2, 0) is 4.79 Å². The average molecular weight is 316 g/mol. The van der Waals surface area contributed by atoms with Crippen LogP contribution >= 0.6 is 11.6 Å². The van der Waals surface area contributed by atoms with E-state index >= 15 is 0 Å². The fourth-order valence-corrected chi connectivity index (χ4v) is 2.73. The minimum atomic E-state index is -0.525. The molecule has 3 rings (SSSR count). The van der Waals surface area contributed by atoms with Gasteiger partial charge in [0.05, 0.1) is 22.9 Å². The van der Waals surface area contributed by atoms with E-state index in [0.29, 0.717) is 35.8 Å². The Morgan fingerprint density at radius 1 is 1.00 bits per heavy atom. The Balaban J connectivity index is 1.64. The number of hydrogen-bond acceptors (Lipinski definition) is 3. The Morgan fingerprint density at radius 2 is 1.77 bits per heavy atom. The molecule has 0 bridgehead atoms. The van der Waals surface area contributed by atoms with Crippen LogP contribution in [0.15, 0.2) is 48.5 Å². The summed E-state index contributed by atoms with van der Waals surface area (Å²) in [5, 5.41) is 0.417. The molecule has 1 amide bonds. The molecule has 4 nitrogen and oxygen atoms in total. The molecular formula is C17H14ClNO3. The summed E-state index contributed by atoms with van der Waals surface area (Å²) in [6.07, 6.45) is 0.610. The number of nitrogens with zero attached hydrogens (tertiary/aromatic N) is 1. The molecule has 0 radical (unpaired) electrons. The molecule has 0 unspecified atom stereocenters. The van der Waals surface area contributed by atoms with Gasteiger partial charge in [-0.05, 0) is 30.7 Å². The highest BCUT2D eigenvalue weighted by Crippen LogP contribution is 2.35. The number of halogens is 1. The maximum absolute atomic E-state index is 12.1. The molecule has 0 aromatic heterocycles. The average Bonchev–Trinajstić information content (AvgIpc) is 2.78. The molecule has 0 atom stereocenters. The lowest BCUT2D eigenvalue weighted by Gasteiger charge is -2.17. The van der Waals surface area contributed by atoms with Crippen LogP contribution in [0.1, 0.15) is 16.8 Å². The van der Waals surface area contributed by atoms with Crippen LogP contribution in [0.5, 0.6) is 5.75 Å². The van der Waals surface area contributed by atoms with E-state index in [2.05, 4.69) is 0 Å². The molecule has 5 heteroatoms. The standard InChI is InChI=1S/C17H14ClNO3/c18-14-9-4-8-13-15(14)19(17(21)16(13)20)10-5-11-22-12-6-2-1-3-7-12/h1-4,6-9H,5,10-11H2. The zero-order chi connectivity index (χ0) is 15.5. The predicted octanol–water partition coefficient (Wildman–Crippen LogP) is 3.34. The predicted molar refractivity (Wildman–Crippen MR) is 84.7 cm³/mol. The second-order valence-corrected chi connectivity index (χ2v) is 5.34. The largest absolute Gasteiger partial charge is 0.494 e. The maximum atomic E-state index is 12.1. The first-order valence-corrected chi connectivity index (χ1v) is 7.39. The zero-order valence-electron chi connectivity index (χ0n) is 11.8. The number of Topliss-reactive ketones (excluding diaryl/α,β-unsaturated/α-hetero) is 1. The second-order valence-electron chi connectivity index (χ2n) is 4.94. The van der Waals surface area contributed by atoms with E-state index in [1.807, 2.05) is 30.3 Å². The lowest BCUT2D eigenvalue weighted by molar-refractivity contribution is -0.114. The van der Waals surface area contributed by atoms with E-state index in [-0.39, 0.29) is 0 Å². The van der Waals surface area contributed by atoms with Gasteiger partial charge in [0.1, 0.15) is 5.75 Å². The van der Waals surface area contributed by atoms with E-state index in [0.717, 1.165) is 5.75 Å². The van der Waals surface area contributed by atoms with E-state index in [1.54, 1.807) is 18.2 Å². The molecule has 0 spiro atoms. The van der Waals surface area contributed by atoms with Crippen LogP contribution in [0.2, 0.25) is 5.02 Å². The summed E-state index contributed by atoms with van der Waals surface area (Å²) in [6.45, 7) is 0.857. The van der Waals surface area contributed by atoms with Crippen LogP contribution in [0.3, 0.4) is 0 Å². The SMILES string of the molecule is O=C1C(=O)N(CCCOc2ccccc2)c2c(Cl)cccc21. The third-order valence-electron chi connectivity index (χ3n) is 3.48. The molecule has 2 aromatic carbocycles. The minimum absolute atomic E-state index is 0.376. The molecular weight excluding hydrogens is 302 g/mol. The van der Waals surface area contributed by atoms with Crippen molar-refractivity contribution < 1.29 is 14.3 Å². The highest BCUT2D eigenvalue weighted by molar-refractivity contribution is 6.54. The minimum Gasteiger partial charge on any atom is -0.494 e. The van der Waals surface area contributed by atoms with Crippen molar-refractivity contribution in [2.75, 3.05) is 18.1 Å². The fraction of sp³-hybridized carbons (Fsp3) is 0.176. The van der Waals surface area contributed by atoms with Gasteiger partial charge in [0, 0.05) is 6.54 Å². The van der Waals surface area contributed by atoms with E-state index < -0.39 is 11.7 Å². The number of benzene rings is 2. The molecule has 1 aliphatic heterocycles. The zero-order valence-corrected chi connectivity index (χ0v) is 12.5. The molecule has 0 saturated heterocycles. The first-order valence-electron chi connectivity index (χ1n) is 7.01. The van der Waals surface area contributed by atoms with Crippen LogP contribution in [0.4, 0.5) is 5.69 Å². The first kappa shape index (κ1) is 14.6. The van der Waals surface area contributed by atoms with Gasteiger partial charge in [-0.1, -0.05) is 35.9 Å². The van der Waals surface area contributed by atoms with Crippen LogP contribution in [0.25, 0.3) is 0 Å². The number of hydrogen-bond donors (Lipinski definition) is 0. The molecule has 112 valence electrons. The Labute approximate surface area is 133 Å². The van der Waals surface area contributed by atoms with E-state index in [1.165, 1.54) is 4.90 Å². The summed E-state index contributed by atoms with van der Waals surface area (Å²) in [5.74, 6) is -0.242. The maximum Gasteiger partial charge on any atom is 0.299 e. The van der Waals surface area contributed by atoms with Gasteiger partial charge in [0.2, 0.25) is 0 Å². The molecule has 22 heavy (non-hydrogen) atoms. The lowest BCUT2D eigenvalue weighted by Crippen LogP contribution is -2.31. The number of rotatable bonds is 5. The Bertz CT molecular complexity index is 715. The molecule has 0 saturated carbocycles. The quantitative estimate of drug-likeness (QED) is 0.628. The first-order chi connectivity index (χ1) is 10.7. The van der Waals surface area contributed by atoms with Gasteiger partial charge < -0.3 is 9.64 Å². The summed E-state index contributed by atoms with van der Waals surface area (Å²) < 4.78 is 5.59. The molecule has 0 N–H and O–H groups in total. The molecule has 1 aliphatic rings. The topological polar surface area (TPSA) is 46.6 Å². The fourth-order valence-electron chi connectivity index (χ4n) is 2.45. The third-order valence-corrected chi connectivity index (χ3v) is 3.78. The van der Waals surface area contributed by atoms with Crippen LogP contribution in [0, 0.1) is 0 Å². The van der Waals surface area contributed by atoms with E-state index in [4.69, 9.17) is 16.3 Å². The normalized spacial score (nSPS) is 13.4. The number of carbonyl (C=O) groups excluding carboxylic acids is 2. The Hall–Kier alpha value is -2.33. The number of carbonyl (C=O) groups is 2. The van der Waals surface area contributed by atoms with Gasteiger partial charge in [-0.2, -0.15) is 0 Å². The van der Waals surface area contributed by atoms with Crippen LogP contribution < -0.4 is 9.64 Å². The monoisotopic (exact) mass is 315 g/mol. The Morgan fingerprint density at radius 3 is 2.55 bits per heavy atom. The number of ketones is 1. The Kier molecular flexibility index (Phi) is 4.11. The van der Waals surface area contributed by atoms with Gasteiger partial charge in [-0.15, -0.1) is 0 Å². The van der Waals surface area contributed by atoms with Crippen molar-refractivity contribution in [1.29, 1.82) is 0 Å². The summed E-state index contributed by atoms with van der Waals surface area (Å²) >= 11 is 6.13. The number of ether oxygens (including phenoxy) is 1. The molecule has 1 heterocycles. The number of fused-ring (bicyclic) bond motifs is 1. The molecule has 0 fully saturated rings. The van der Waals surface area contributed by atoms with Crippen molar-refractivity contribution in [2.45, 2.75) is 6.42 Å². The van der Waals surface area contributed by atoms with Crippen molar-refractivity contribution in [3.8, 4) is 5.75 Å². The lowest BCUT2D eigenvalue weighted by atomic mass is 10.1. The van der Waals surface area contributed by atoms with Gasteiger partial charge in [-0.25, -0.2) is 0 Å². The highest BCUT2D eigenvalue weighted by Gasteiger charge is 2.36. The molecule has 2 aromatic rings. The highest BCUT2D eigenvalue weighted by atomic mass is 35.5. The van der Waals surface area contributed by atoms with Crippen molar-refractivity contribution in [2.24, 2.45) is 0 Å². The molecule has 0 aliphatic carbocycles. The number of para-hydroxylation sites is 2. The van der Waals surface area contributed by atoms with Crippen LogP contribution in [-0.4, -0.2) is 24.8 Å². The van der Waals surface area contributed by atoms with Crippen molar-refractivity contribution >= 4 is 29.0 Å². The van der Waals surface area contributed by atoms with Gasteiger partial charge in [0.15, 0.2) is 0 Å². The number of anilines is 1. The van der Waals surface area contributed by atoms with Crippen molar-refractivity contribution in [3.05, 3.63) is 59.1 Å². The van der Waals surface area contributed by atoms with Gasteiger partial charge in [0.25, 0.3) is 11.7 Å². The summed E-state index contributed by atoms with van der Waals surface area (Å²) in [7, 11) is 0. The van der Waals surface area contributed by atoms with Gasteiger partial charge >= 0.3 is 0 Å². The van der Waals surface area contributed by atoms with Gasteiger partial charge in [-0.3, -0.25) is 9.59 Å². The third kappa shape index (κ3) is 2.70.